The third-order valence-corrected chi connectivity index (χ3v) is 4.89. The first-order valence-electron chi connectivity index (χ1n) is 9.58. The van der Waals surface area contributed by atoms with Crippen LogP contribution in [0.2, 0.25) is 0 Å². The fraction of sp³-hybridized carbons (Fsp3) is 0.450. The van der Waals surface area contributed by atoms with Crippen molar-refractivity contribution in [1.29, 1.82) is 0 Å². The zero-order chi connectivity index (χ0) is 19.5. The van der Waals surface area contributed by atoms with Crippen molar-refractivity contribution in [3.63, 3.8) is 0 Å². The minimum atomic E-state index is -0.128. The third kappa shape index (κ3) is 3.95. The number of piperidine rings is 1. The van der Waals surface area contributed by atoms with Crippen molar-refractivity contribution in [3.8, 4) is 11.5 Å². The first-order valence-corrected chi connectivity index (χ1v) is 9.58. The van der Waals surface area contributed by atoms with Crippen LogP contribution in [0.3, 0.4) is 0 Å². The van der Waals surface area contributed by atoms with Gasteiger partial charge in [0, 0.05) is 27.2 Å². The predicted molar refractivity (Wildman–Crippen MR) is 107 cm³/mol. The smallest absolute Gasteiger partial charge is 0.231 e. The van der Waals surface area contributed by atoms with Crippen molar-refractivity contribution in [2.45, 2.75) is 25.7 Å². The van der Waals surface area contributed by atoms with Gasteiger partial charge in [-0.3, -0.25) is 4.79 Å². The molecule has 4 rings (SSSR count). The van der Waals surface area contributed by atoms with Crippen molar-refractivity contribution in [2.75, 3.05) is 49.1 Å². The molecule has 8 heteroatoms. The number of anilines is 3. The Balaban J connectivity index is 1.47. The molecule has 3 heterocycles. The summed E-state index contributed by atoms with van der Waals surface area (Å²) in [7, 11) is 3.83. The van der Waals surface area contributed by atoms with Gasteiger partial charge in [-0.25, -0.2) is 4.98 Å². The van der Waals surface area contributed by atoms with Crippen LogP contribution in [-0.4, -0.2) is 49.9 Å². The second-order valence-electron chi connectivity index (χ2n) is 7.26. The molecule has 8 nitrogen and oxygen atoms in total. The number of nitrogens with one attached hydrogen (secondary N) is 1. The lowest BCUT2D eigenvalue weighted by atomic mass is 10.1. The molecule has 1 aromatic heterocycles. The van der Waals surface area contributed by atoms with E-state index in [1.807, 2.05) is 37.2 Å². The van der Waals surface area contributed by atoms with Gasteiger partial charge in [0.05, 0.1) is 12.6 Å². The zero-order valence-electron chi connectivity index (χ0n) is 16.3. The highest BCUT2D eigenvalue weighted by molar-refractivity contribution is 5.95. The topological polar surface area (TPSA) is 79.8 Å². The van der Waals surface area contributed by atoms with Gasteiger partial charge >= 0.3 is 0 Å². The molecule has 0 aliphatic carbocycles. The van der Waals surface area contributed by atoms with Crippen LogP contribution in [0.4, 0.5) is 17.5 Å². The fourth-order valence-electron chi connectivity index (χ4n) is 3.47. The molecule has 2 aliphatic heterocycles. The summed E-state index contributed by atoms with van der Waals surface area (Å²) in [6.45, 7) is 2.17. The minimum absolute atomic E-state index is 0.128. The lowest BCUT2D eigenvalue weighted by Gasteiger charge is -2.28. The zero-order valence-corrected chi connectivity index (χ0v) is 16.3. The number of aromatic nitrogens is 2. The summed E-state index contributed by atoms with van der Waals surface area (Å²) in [4.78, 5) is 25.9. The summed E-state index contributed by atoms with van der Waals surface area (Å²) >= 11 is 0. The van der Waals surface area contributed by atoms with Gasteiger partial charge in [0.1, 0.15) is 5.69 Å². The molecule has 1 saturated heterocycles. The highest BCUT2D eigenvalue weighted by Crippen LogP contribution is 2.33. The molecule has 1 aromatic carbocycles. The number of nitrogens with zero attached hydrogens (tertiary/aromatic N) is 4. The summed E-state index contributed by atoms with van der Waals surface area (Å²) in [6.07, 6.45) is 5.51. The normalized spacial score (nSPS) is 15.4. The van der Waals surface area contributed by atoms with Crippen molar-refractivity contribution in [2.24, 2.45) is 0 Å². The van der Waals surface area contributed by atoms with Gasteiger partial charge in [-0.05, 0) is 37.0 Å². The van der Waals surface area contributed by atoms with Crippen LogP contribution in [0.25, 0.3) is 0 Å². The predicted octanol–water partition coefficient (Wildman–Crippen LogP) is 2.44. The van der Waals surface area contributed by atoms with Crippen molar-refractivity contribution < 1.29 is 14.3 Å². The van der Waals surface area contributed by atoms with Gasteiger partial charge < -0.3 is 24.6 Å². The first kappa shape index (κ1) is 18.3. The summed E-state index contributed by atoms with van der Waals surface area (Å²) in [5.74, 6) is 2.68. The molecule has 1 amide bonds. The van der Waals surface area contributed by atoms with E-state index in [2.05, 4.69) is 15.2 Å². The number of hydrogen-bond donors (Lipinski definition) is 1. The number of benzene rings is 1. The van der Waals surface area contributed by atoms with E-state index in [4.69, 9.17) is 14.5 Å². The summed E-state index contributed by atoms with van der Waals surface area (Å²) < 4.78 is 10.7. The molecule has 0 spiro atoms. The van der Waals surface area contributed by atoms with E-state index in [1.165, 1.54) is 6.42 Å². The van der Waals surface area contributed by atoms with Crippen LogP contribution in [0.5, 0.6) is 11.5 Å². The average molecular weight is 383 g/mol. The molecular weight excluding hydrogens is 358 g/mol. The Bertz CT molecular complexity index is 865. The molecule has 1 fully saturated rings. The van der Waals surface area contributed by atoms with E-state index in [9.17, 15) is 4.79 Å². The second-order valence-corrected chi connectivity index (χ2v) is 7.26. The maximum absolute atomic E-state index is 12.6. The highest BCUT2D eigenvalue weighted by Gasteiger charge is 2.19. The SMILES string of the molecule is CN(C)c1nc(N2CCCCC2)ncc1NC(=O)Cc1ccc2c(c1)OCO2. The number of amides is 1. The molecule has 148 valence electrons. The van der Waals surface area contributed by atoms with Gasteiger partial charge in [-0.15, -0.1) is 0 Å². The van der Waals surface area contributed by atoms with Crippen molar-refractivity contribution >= 4 is 23.4 Å². The summed E-state index contributed by atoms with van der Waals surface area (Å²) in [5, 5.41) is 2.94. The van der Waals surface area contributed by atoms with E-state index in [-0.39, 0.29) is 19.1 Å². The van der Waals surface area contributed by atoms with Crippen molar-refractivity contribution in [1.82, 2.24) is 9.97 Å². The Morgan fingerprint density at radius 2 is 1.96 bits per heavy atom. The summed E-state index contributed by atoms with van der Waals surface area (Å²) in [5.41, 5.74) is 1.47. The number of rotatable bonds is 5. The first-order chi connectivity index (χ1) is 13.6. The molecule has 2 aromatic rings. The van der Waals surface area contributed by atoms with Gasteiger partial charge in [-0.1, -0.05) is 6.07 Å². The van der Waals surface area contributed by atoms with Crippen LogP contribution in [0.1, 0.15) is 24.8 Å². The monoisotopic (exact) mass is 383 g/mol. The molecule has 0 bridgehead atoms. The van der Waals surface area contributed by atoms with Gasteiger partial charge in [-0.2, -0.15) is 4.98 Å². The number of carbonyl (C=O) groups excluding carboxylic acids is 1. The standard InChI is InChI=1S/C20H25N5O3/c1-24(2)19-15(12-21-20(23-19)25-8-4-3-5-9-25)22-18(26)11-14-6-7-16-17(10-14)28-13-27-16/h6-7,10,12H,3-5,8-9,11,13H2,1-2H3,(H,22,26). The van der Waals surface area contributed by atoms with Gasteiger partial charge in [0.25, 0.3) is 0 Å². The molecule has 0 unspecified atom stereocenters. The molecular formula is C20H25N5O3. The van der Waals surface area contributed by atoms with E-state index < -0.39 is 0 Å². The molecule has 0 saturated carbocycles. The Morgan fingerprint density at radius 3 is 2.75 bits per heavy atom. The van der Waals surface area contributed by atoms with Crippen LogP contribution >= 0.6 is 0 Å². The molecule has 28 heavy (non-hydrogen) atoms. The molecule has 0 radical (unpaired) electrons. The number of ether oxygens (including phenoxy) is 2. The van der Waals surface area contributed by atoms with Gasteiger partial charge in [0.2, 0.25) is 18.6 Å². The average Bonchev–Trinajstić information content (AvgIpc) is 3.16. The van der Waals surface area contributed by atoms with Crippen LogP contribution in [0.15, 0.2) is 24.4 Å². The Morgan fingerprint density at radius 1 is 1.18 bits per heavy atom. The quantitative estimate of drug-likeness (QED) is 0.849. The minimum Gasteiger partial charge on any atom is -0.454 e. The molecule has 0 atom stereocenters. The maximum atomic E-state index is 12.6. The molecule has 2 aliphatic rings. The number of carbonyl (C=O) groups is 1. The second kappa shape index (κ2) is 7.92. The van der Waals surface area contributed by atoms with Crippen LogP contribution in [0, 0.1) is 0 Å². The number of hydrogen-bond acceptors (Lipinski definition) is 7. The van der Waals surface area contributed by atoms with Crippen LogP contribution < -0.4 is 24.6 Å². The van der Waals surface area contributed by atoms with Gasteiger partial charge in [0.15, 0.2) is 17.3 Å². The Labute approximate surface area is 164 Å². The van der Waals surface area contributed by atoms with E-state index in [1.54, 1.807) is 6.20 Å². The largest absolute Gasteiger partial charge is 0.454 e. The van der Waals surface area contributed by atoms with E-state index >= 15 is 0 Å². The van der Waals surface area contributed by atoms with Crippen molar-refractivity contribution in [3.05, 3.63) is 30.0 Å². The lowest BCUT2D eigenvalue weighted by molar-refractivity contribution is -0.115. The fourth-order valence-corrected chi connectivity index (χ4v) is 3.47. The van der Waals surface area contributed by atoms with E-state index in [0.29, 0.717) is 23.0 Å². The molecule has 1 N–H and O–H groups in total. The summed E-state index contributed by atoms with van der Waals surface area (Å²) in [6, 6.07) is 5.54. The third-order valence-electron chi connectivity index (χ3n) is 4.89. The Hall–Kier alpha value is -3.03. The Kier molecular flexibility index (Phi) is 5.18. The van der Waals surface area contributed by atoms with Crippen LogP contribution in [-0.2, 0) is 11.2 Å². The van der Waals surface area contributed by atoms with E-state index in [0.717, 1.165) is 37.4 Å². The lowest BCUT2D eigenvalue weighted by Crippen LogP contribution is -2.31. The number of fused-ring (bicyclic) bond motifs is 1. The maximum Gasteiger partial charge on any atom is 0.231 e. The highest BCUT2D eigenvalue weighted by atomic mass is 16.7.